The molecule has 0 unspecified atom stereocenters. The first-order valence-electron chi connectivity index (χ1n) is 8.09. The molecule has 0 aliphatic heterocycles. The zero-order chi connectivity index (χ0) is 18.4. The maximum atomic E-state index is 11.9. The highest BCUT2D eigenvalue weighted by atomic mass is 79.9. The molecule has 0 aliphatic rings. The number of para-hydroxylation sites is 1. The Morgan fingerprint density at radius 1 is 1.15 bits per heavy atom. The summed E-state index contributed by atoms with van der Waals surface area (Å²) in [5.41, 5.74) is 5.45. The Hall–Kier alpha value is -2.86. The SMILES string of the molecule is Cc1ccccc1NCC(=O)NN=Cc1ccc(-c2cccc(Br)c2)o1. The van der Waals surface area contributed by atoms with E-state index < -0.39 is 0 Å². The van der Waals surface area contributed by atoms with Crippen molar-refractivity contribution in [1.82, 2.24) is 5.43 Å². The van der Waals surface area contributed by atoms with Crippen LogP contribution in [0.15, 0.2) is 74.7 Å². The Kier molecular flexibility index (Phi) is 5.86. The molecular formula is C20H18BrN3O2. The van der Waals surface area contributed by atoms with Gasteiger partial charge in [0.15, 0.2) is 0 Å². The summed E-state index contributed by atoms with van der Waals surface area (Å²) in [6.07, 6.45) is 1.48. The van der Waals surface area contributed by atoms with E-state index in [9.17, 15) is 4.79 Å². The van der Waals surface area contributed by atoms with E-state index in [0.717, 1.165) is 27.0 Å². The molecule has 0 atom stereocenters. The Morgan fingerprint density at radius 2 is 2.00 bits per heavy atom. The van der Waals surface area contributed by atoms with Gasteiger partial charge < -0.3 is 9.73 Å². The van der Waals surface area contributed by atoms with E-state index in [1.807, 2.05) is 61.5 Å². The van der Waals surface area contributed by atoms with Gasteiger partial charge in [-0.15, -0.1) is 0 Å². The summed E-state index contributed by atoms with van der Waals surface area (Å²) in [4.78, 5) is 11.9. The predicted molar refractivity (Wildman–Crippen MR) is 107 cm³/mol. The van der Waals surface area contributed by atoms with Crippen LogP contribution < -0.4 is 10.7 Å². The molecule has 0 fully saturated rings. The lowest BCUT2D eigenvalue weighted by molar-refractivity contribution is -0.119. The second-order valence-corrected chi connectivity index (χ2v) is 6.59. The van der Waals surface area contributed by atoms with Crippen LogP contribution in [-0.2, 0) is 4.79 Å². The second kappa shape index (κ2) is 8.49. The van der Waals surface area contributed by atoms with Crippen molar-refractivity contribution in [3.05, 3.63) is 76.5 Å². The van der Waals surface area contributed by atoms with Gasteiger partial charge in [-0.25, -0.2) is 5.43 Å². The first-order valence-corrected chi connectivity index (χ1v) is 8.88. The van der Waals surface area contributed by atoms with Gasteiger partial charge >= 0.3 is 0 Å². The first kappa shape index (κ1) is 17.9. The Balaban J connectivity index is 1.52. The van der Waals surface area contributed by atoms with E-state index in [0.29, 0.717) is 5.76 Å². The summed E-state index contributed by atoms with van der Waals surface area (Å²) in [6, 6.07) is 19.3. The standard InChI is InChI=1S/C20H18BrN3O2/c1-14-5-2-3-8-18(14)22-13-20(25)24-23-12-17-9-10-19(26-17)15-6-4-7-16(21)11-15/h2-12,22H,13H2,1H3,(H,24,25). The van der Waals surface area contributed by atoms with Gasteiger partial charge in [-0.2, -0.15) is 5.10 Å². The van der Waals surface area contributed by atoms with Crippen LogP contribution in [0, 0.1) is 6.92 Å². The van der Waals surface area contributed by atoms with Crippen molar-refractivity contribution in [2.24, 2.45) is 5.10 Å². The zero-order valence-electron chi connectivity index (χ0n) is 14.2. The molecule has 0 spiro atoms. The molecule has 0 saturated carbocycles. The molecule has 3 rings (SSSR count). The number of hydrazone groups is 1. The van der Waals surface area contributed by atoms with Crippen molar-refractivity contribution < 1.29 is 9.21 Å². The molecule has 0 saturated heterocycles. The minimum Gasteiger partial charge on any atom is -0.455 e. The second-order valence-electron chi connectivity index (χ2n) is 5.67. The van der Waals surface area contributed by atoms with E-state index in [2.05, 4.69) is 31.8 Å². The number of anilines is 1. The number of amides is 1. The predicted octanol–water partition coefficient (Wildman–Crippen LogP) is 4.58. The number of benzene rings is 2. The largest absolute Gasteiger partial charge is 0.455 e. The number of nitrogens with one attached hydrogen (secondary N) is 2. The van der Waals surface area contributed by atoms with Crippen molar-refractivity contribution in [2.75, 3.05) is 11.9 Å². The number of aryl methyl sites for hydroxylation is 1. The van der Waals surface area contributed by atoms with Gasteiger partial charge in [-0.1, -0.05) is 46.3 Å². The van der Waals surface area contributed by atoms with Crippen molar-refractivity contribution >= 4 is 33.7 Å². The third-order valence-corrected chi connectivity index (χ3v) is 4.19. The van der Waals surface area contributed by atoms with Crippen LogP contribution in [-0.4, -0.2) is 18.7 Å². The van der Waals surface area contributed by atoms with E-state index in [1.54, 1.807) is 6.07 Å². The van der Waals surface area contributed by atoms with Gasteiger partial charge in [-0.3, -0.25) is 4.79 Å². The number of nitrogens with zero attached hydrogens (tertiary/aromatic N) is 1. The van der Waals surface area contributed by atoms with Gasteiger partial charge in [0.25, 0.3) is 5.91 Å². The minimum atomic E-state index is -0.233. The van der Waals surface area contributed by atoms with E-state index in [1.165, 1.54) is 6.21 Å². The van der Waals surface area contributed by atoms with Crippen LogP contribution in [0.1, 0.15) is 11.3 Å². The number of rotatable bonds is 6. The fourth-order valence-corrected chi connectivity index (χ4v) is 2.77. The number of halogens is 1. The lowest BCUT2D eigenvalue weighted by atomic mass is 10.2. The van der Waals surface area contributed by atoms with Crippen LogP contribution in [0.4, 0.5) is 5.69 Å². The lowest BCUT2D eigenvalue weighted by Gasteiger charge is -2.07. The summed E-state index contributed by atoms with van der Waals surface area (Å²) in [5.74, 6) is 1.07. The van der Waals surface area contributed by atoms with Gasteiger partial charge in [0, 0.05) is 15.7 Å². The maximum Gasteiger partial charge on any atom is 0.259 e. The zero-order valence-corrected chi connectivity index (χ0v) is 15.8. The fraction of sp³-hybridized carbons (Fsp3) is 0.100. The summed E-state index contributed by atoms with van der Waals surface area (Å²) < 4.78 is 6.70. The molecule has 132 valence electrons. The lowest BCUT2D eigenvalue weighted by Crippen LogP contribution is -2.26. The average molecular weight is 412 g/mol. The summed E-state index contributed by atoms with van der Waals surface area (Å²) in [5, 5.41) is 7.01. The molecule has 0 bridgehead atoms. The highest BCUT2D eigenvalue weighted by Crippen LogP contribution is 2.24. The molecule has 2 N–H and O–H groups in total. The molecule has 0 radical (unpaired) electrons. The topological polar surface area (TPSA) is 66.6 Å². The molecule has 1 amide bonds. The van der Waals surface area contributed by atoms with Crippen LogP contribution in [0.2, 0.25) is 0 Å². The molecular weight excluding hydrogens is 394 g/mol. The molecule has 1 aromatic heterocycles. The van der Waals surface area contributed by atoms with Gasteiger partial charge in [0.05, 0.1) is 12.8 Å². The molecule has 2 aromatic carbocycles. The normalized spacial score (nSPS) is 10.8. The molecule has 6 heteroatoms. The van der Waals surface area contributed by atoms with E-state index >= 15 is 0 Å². The quantitative estimate of drug-likeness (QED) is 0.460. The monoisotopic (exact) mass is 411 g/mol. The third kappa shape index (κ3) is 4.83. The summed E-state index contributed by atoms with van der Waals surface area (Å²) >= 11 is 3.44. The van der Waals surface area contributed by atoms with Crippen LogP contribution in [0.25, 0.3) is 11.3 Å². The number of hydrogen-bond acceptors (Lipinski definition) is 4. The number of hydrogen-bond donors (Lipinski definition) is 2. The van der Waals surface area contributed by atoms with Crippen LogP contribution in [0.3, 0.4) is 0 Å². The minimum absolute atomic E-state index is 0.143. The first-order chi connectivity index (χ1) is 12.6. The van der Waals surface area contributed by atoms with Crippen LogP contribution >= 0.6 is 15.9 Å². The highest BCUT2D eigenvalue weighted by molar-refractivity contribution is 9.10. The van der Waals surface area contributed by atoms with Crippen molar-refractivity contribution in [3.8, 4) is 11.3 Å². The third-order valence-electron chi connectivity index (χ3n) is 3.70. The Labute approximate surface area is 160 Å². The number of carbonyl (C=O) groups excluding carboxylic acids is 1. The molecule has 0 aliphatic carbocycles. The van der Waals surface area contributed by atoms with Gasteiger partial charge in [0.2, 0.25) is 0 Å². The summed E-state index contributed by atoms with van der Waals surface area (Å²) in [6.45, 7) is 2.13. The Bertz CT molecular complexity index is 934. The maximum absolute atomic E-state index is 11.9. The molecule has 3 aromatic rings. The number of carbonyl (C=O) groups is 1. The van der Waals surface area contributed by atoms with Gasteiger partial charge in [0.1, 0.15) is 11.5 Å². The van der Waals surface area contributed by atoms with Crippen molar-refractivity contribution in [3.63, 3.8) is 0 Å². The molecule has 1 heterocycles. The molecule has 26 heavy (non-hydrogen) atoms. The van der Waals surface area contributed by atoms with Crippen LogP contribution in [0.5, 0.6) is 0 Å². The van der Waals surface area contributed by atoms with Crippen molar-refractivity contribution in [1.29, 1.82) is 0 Å². The van der Waals surface area contributed by atoms with Crippen molar-refractivity contribution in [2.45, 2.75) is 6.92 Å². The fourth-order valence-electron chi connectivity index (χ4n) is 2.37. The smallest absolute Gasteiger partial charge is 0.259 e. The number of furan rings is 1. The Morgan fingerprint density at radius 3 is 2.81 bits per heavy atom. The summed E-state index contributed by atoms with van der Waals surface area (Å²) in [7, 11) is 0. The van der Waals surface area contributed by atoms with Gasteiger partial charge in [-0.05, 0) is 42.8 Å². The van der Waals surface area contributed by atoms with E-state index in [4.69, 9.17) is 4.42 Å². The highest BCUT2D eigenvalue weighted by Gasteiger charge is 2.04. The molecule has 5 nitrogen and oxygen atoms in total. The average Bonchev–Trinajstić information content (AvgIpc) is 3.10. The van der Waals surface area contributed by atoms with E-state index in [-0.39, 0.29) is 12.5 Å².